The van der Waals surface area contributed by atoms with Crippen LogP contribution in [0.2, 0.25) is 0 Å². The van der Waals surface area contributed by atoms with E-state index in [1.54, 1.807) is 35.4 Å². The summed E-state index contributed by atoms with van der Waals surface area (Å²) in [5.74, 6) is 1.17. The maximum atomic E-state index is 12.4. The van der Waals surface area contributed by atoms with Crippen LogP contribution in [0.5, 0.6) is 11.5 Å². The number of sulfone groups is 1. The van der Waals surface area contributed by atoms with Crippen LogP contribution in [0.15, 0.2) is 71.8 Å². The number of nitro benzene ring substituents is 1. The van der Waals surface area contributed by atoms with Crippen molar-refractivity contribution in [3.05, 3.63) is 77.0 Å². The Hall–Kier alpha value is -3.99. The first-order valence-corrected chi connectivity index (χ1v) is 13.2. The molecule has 0 bridgehead atoms. The SMILES string of the molecule is CS(=O)(=O)c1ccc(-c2ccc(OCC3CCN(C(=O)Oc4ccc([N+](=O)[O-])cc4)CC3)cn2)cc1. The zero-order chi connectivity index (χ0) is 25.7. The largest absolute Gasteiger partial charge is 0.492 e. The molecule has 10 nitrogen and oxygen atoms in total. The molecule has 0 radical (unpaired) electrons. The highest BCUT2D eigenvalue weighted by Crippen LogP contribution is 2.24. The van der Waals surface area contributed by atoms with Gasteiger partial charge in [-0.2, -0.15) is 0 Å². The van der Waals surface area contributed by atoms with Gasteiger partial charge < -0.3 is 14.4 Å². The summed E-state index contributed by atoms with van der Waals surface area (Å²) < 4.78 is 34.4. The Labute approximate surface area is 208 Å². The van der Waals surface area contributed by atoms with Gasteiger partial charge in [0, 0.05) is 37.0 Å². The highest BCUT2D eigenvalue weighted by Gasteiger charge is 2.25. The third-order valence-electron chi connectivity index (χ3n) is 5.93. The molecule has 3 aromatic rings. The highest BCUT2D eigenvalue weighted by atomic mass is 32.2. The van der Waals surface area contributed by atoms with E-state index < -0.39 is 20.9 Å². The van der Waals surface area contributed by atoms with Gasteiger partial charge in [0.25, 0.3) is 5.69 Å². The first-order chi connectivity index (χ1) is 17.2. The van der Waals surface area contributed by atoms with Gasteiger partial charge >= 0.3 is 6.09 Å². The molecule has 0 N–H and O–H groups in total. The molecular weight excluding hydrogens is 486 g/mol. The molecule has 1 aliphatic heterocycles. The average Bonchev–Trinajstić information content (AvgIpc) is 2.88. The van der Waals surface area contributed by atoms with Gasteiger partial charge in [-0.15, -0.1) is 0 Å². The van der Waals surface area contributed by atoms with Crippen LogP contribution in [0, 0.1) is 16.0 Å². The topological polar surface area (TPSA) is 129 Å². The Balaban J connectivity index is 1.23. The molecule has 0 unspecified atom stereocenters. The van der Waals surface area contributed by atoms with Gasteiger partial charge in [0.2, 0.25) is 0 Å². The van der Waals surface area contributed by atoms with Crippen LogP contribution in [0.25, 0.3) is 11.3 Å². The number of non-ortho nitro benzene ring substituents is 1. The highest BCUT2D eigenvalue weighted by molar-refractivity contribution is 7.90. The van der Waals surface area contributed by atoms with Crippen LogP contribution in [0.4, 0.5) is 10.5 Å². The van der Waals surface area contributed by atoms with E-state index in [1.807, 2.05) is 12.1 Å². The minimum absolute atomic E-state index is 0.0660. The molecule has 0 aliphatic carbocycles. The van der Waals surface area contributed by atoms with Crippen LogP contribution in [-0.2, 0) is 9.84 Å². The van der Waals surface area contributed by atoms with Gasteiger partial charge in [0.1, 0.15) is 11.5 Å². The Morgan fingerprint density at radius 1 is 1.03 bits per heavy atom. The van der Waals surface area contributed by atoms with Crippen LogP contribution < -0.4 is 9.47 Å². The lowest BCUT2D eigenvalue weighted by atomic mass is 9.98. The van der Waals surface area contributed by atoms with Gasteiger partial charge in [-0.05, 0) is 55.2 Å². The second-order valence-electron chi connectivity index (χ2n) is 8.54. The fraction of sp³-hybridized carbons (Fsp3) is 0.280. The molecule has 0 atom stereocenters. The van der Waals surface area contributed by atoms with Crippen molar-refractivity contribution < 1.29 is 27.6 Å². The Morgan fingerprint density at radius 2 is 1.67 bits per heavy atom. The smallest absolute Gasteiger partial charge is 0.415 e. The van der Waals surface area contributed by atoms with E-state index in [-0.39, 0.29) is 22.3 Å². The number of pyridine rings is 1. The van der Waals surface area contributed by atoms with Crippen molar-refractivity contribution >= 4 is 21.6 Å². The van der Waals surface area contributed by atoms with E-state index in [2.05, 4.69) is 4.98 Å². The van der Waals surface area contributed by atoms with E-state index in [9.17, 15) is 23.3 Å². The van der Waals surface area contributed by atoms with Gasteiger partial charge in [0.15, 0.2) is 9.84 Å². The number of ether oxygens (including phenoxy) is 2. The number of likely N-dealkylation sites (tertiary alicyclic amines) is 1. The lowest BCUT2D eigenvalue weighted by Gasteiger charge is -2.31. The number of hydrogen-bond donors (Lipinski definition) is 0. The number of piperidine rings is 1. The number of carbonyl (C=O) groups excluding carboxylic acids is 1. The average molecular weight is 512 g/mol. The number of carbonyl (C=O) groups is 1. The summed E-state index contributed by atoms with van der Waals surface area (Å²) in [5, 5.41) is 10.7. The van der Waals surface area contributed by atoms with Crippen molar-refractivity contribution in [3.63, 3.8) is 0 Å². The lowest BCUT2D eigenvalue weighted by molar-refractivity contribution is -0.384. The van der Waals surface area contributed by atoms with Gasteiger partial charge in [-0.3, -0.25) is 15.1 Å². The van der Waals surface area contributed by atoms with Crippen molar-refractivity contribution in [1.82, 2.24) is 9.88 Å². The summed E-state index contributed by atoms with van der Waals surface area (Å²) in [5.41, 5.74) is 1.45. The van der Waals surface area contributed by atoms with Crippen LogP contribution in [0.3, 0.4) is 0 Å². The molecule has 0 spiro atoms. The number of aromatic nitrogens is 1. The molecule has 1 fully saturated rings. The quantitative estimate of drug-likeness (QED) is 0.338. The zero-order valence-corrected chi connectivity index (χ0v) is 20.4. The molecule has 4 rings (SSSR count). The molecule has 0 saturated carbocycles. The minimum atomic E-state index is -3.24. The molecule has 36 heavy (non-hydrogen) atoms. The molecule has 1 aromatic heterocycles. The van der Waals surface area contributed by atoms with Crippen LogP contribution in [-0.4, -0.2) is 55.3 Å². The molecule has 1 aliphatic rings. The van der Waals surface area contributed by atoms with Gasteiger partial charge in [-0.25, -0.2) is 13.2 Å². The molecule has 1 amide bonds. The normalized spacial score (nSPS) is 14.3. The predicted octanol–water partition coefficient (Wildman–Crippen LogP) is 4.35. The van der Waals surface area contributed by atoms with Gasteiger partial charge in [0.05, 0.1) is 28.3 Å². The second kappa shape index (κ2) is 10.7. The molecule has 2 aromatic carbocycles. The van der Waals surface area contributed by atoms with Crippen molar-refractivity contribution in [2.24, 2.45) is 5.92 Å². The van der Waals surface area contributed by atoms with E-state index in [0.717, 1.165) is 18.4 Å². The number of benzene rings is 2. The Morgan fingerprint density at radius 3 is 2.22 bits per heavy atom. The summed E-state index contributed by atoms with van der Waals surface area (Å²) in [7, 11) is -3.24. The second-order valence-corrected chi connectivity index (χ2v) is 10.6. The molecular formula is C25H25N3O7S. The Kier molecular flexibility index (Phi) is 7.49. The monoisotopic (exact) mass is 511 g/mol. The van der Waals surface area contributed by atoms with Crippen molar-refractivity contribution in [2.45, 2.75) is 17.7 Å². The predicted molar refractivity (Wildman–Crippen MR) is 132 cm³/mol. The van der Waals surface area contributed by atoms with Crippen molar-refractivity contribution in [2.75, 3.05) is 26.0 Å². The Bertz CT molecular complexity index is 1320. The fourth-order valence-electron chi connectivity index (χ4n) is 3.81. The summed E-state index contributed by atoms with van der Waals surface area (Å²) >= 11 is 0. The number of nitro groups is 1. The lowest BCUT2D eigenvalue weighted by Crippen LogP contribution is -2.41. The van der Waals surface area contributed by atoms with E-state index in [4.69, 9.17) is 9.47 Å². The third-order valence-corrected chi connectivity index (χ3v) is 7.05. The maximum Gasteiger partial charge on any atom is 0.415 e. The number of nitrogens with zero attached hydrogens (tertiary/aromatic N) is 3. The standard InChI is InChI=1S/C25H25N3O7S/c1-36(32,33)23-9-2-19(3-10-23)24-11-8-22(16-26-24)34-17-18-12-14-27(15-13-18)25(29)35-21-6-4-20(5-7-21)28(30)31/h2-11,16,18H,12-15,17H2,1H3. The van der Waals surface area contributed by atoms with E-state index in [0.29, 0.717) is 31.1 Å². The van der Waals surface area contributed by atoms with Crippen LogP contribution >= 0.6 is 0 Å². The molecule has 1 saturated heterocycles. The van der Waals surface area contributed by atoms with Crippen LogP contribution in [0.1, 0.15) is 12.8 Å². The van der Waals surface area contributed by atoms with Crippen molar-refractivity contribution in [1.29, 1.82) is 0 Å². The molecule has 11 heteroatoms. The third kappa shape index (κ3) is 6.36. The number of amides is 1. The van der Waals surface area contributed by atoms with Crippen molar-refractivity contribution in [3.8, 4) is 22.8 Å². The molecule has 2 heterocycles. The number of rotatable bonds is 7. The van der Waals surface area contributed by atoms with Gasteiger partial charge in [-0.1, -0.05) is 12.1 Å². The number of hydrogen-bond acceptors (Lipinski definition) is 8. The summed E-state index contributed by atoms with van der Waals surface area (Å²) in [6, 6.07) is 15.6. The summed E-state index contributed by atoms with van der Waals surface area (Å²) in [6.45, 7) is 1.55. The summed E-state index contributed by atoms with van der Waals surface area (Å²) in [4.78, 5) is 28.9. The fourth-order valence-corrected chi connectivity index (χ4v) is 4.44. The first kappa shape index (κ1) is 25.1. The first-order valence-electron chi connectivity index (χ1n) is 11.3. The molecule has 188 valence electrons. The minimum Gasteiger partial charge on any atom is -0.492 e. The maximum absolute atomic E-state index is 12.4. The summed E-state index contributed by atoms with van der Waals surface area (Å²) in [6.07, 6.45) is 3.84. The zero-order valence-electron chi connectivity index (χ0n) is 19.6. The van der Waals surface area contributed by atoms with E-state index >= 15 is 0 Å². The van der Waals surface area contributed by atoms with E-state index in [1.165, 1.54) is 30.5 Å².